The van der Waals surface area contributed by atoms with Crippen LogP contribution >= 0.6 is 0 Å². The molecule has 114 valence electrons. The van der Waals surface area contributed by atoms with E-state index in [-0.39, 0.29) is 12.0 Å². The number of amides is 1. The second kappa shape index (κ2) is 5.57. The molecule has 4 rings (SSSR count). The van der Waals surface area contributed by atoms with Crippen molar-refractivity contribution < 1.29 is 9.53 Å². The Bertz CT molecular complexity index is 664. The van der Waals surface area contributed by atoms with Crippen molar-refractivity contribution >= 4 is 5.91 Å². The standard InChI is InChI=1S/C17H19N3O2/c21-17(20-7-8-22-16(11-20)12-5-6-12)15-4-2-1-3-14(15)13-9-18-19-10-13/h1-4,9-10,12,16H,5-8,11H2,(H,18,19). The molecule has 2 heterocycles. The van der Waals surface area contributed by atoms with E-state index in [4.69, 9.17) is 4.74 Å². The van der Waals surface area contributed by atoms with Crippen LogP contribution in [0.5, 0.6) is 0 Å². The third kappa shape index (κ3) is 2.52. The molecule has 2 fully saturated rings. The Morgan fingerprint density at radius 2 is 2.18 bits per heavy atom. The lowest BCUT2D eigenvalue weighted by atomic mass is 10.0. The first-order valence-electron chi connectivity index (χ1n) is 7.82. The van der Waals surface area contributed by atoms with E-state index < -0.39 is 0 Å². The molecule has 2 aromatic rings. The van der Waals surface area contributed by atoms with Gasteiger partial charge in [-0.1, -0.05) is 18.2 Å². The number of H-pyrrole nitrogens is 1. The summed E-state index contributed by atoms with van der Waals surface area (Å²) in [7, 11) is 0. The number of carbonyl (C=O) groups is 1. The summed E-state index contributed by atoms with van der Waals surface area (Å²) in [5.41, 5.74) is 2.60. The van der Waals surface area contributed by atoms with Gasteiger partial charge >= 0.3 is 0 Å². The number of aromatic amines is 1. The van der Waals surface area contributed by atoms with Crippen LogP contribution in [0.1, 0.15) is 23.2 Å². The summed E-state index contributed by atoms with van der Waals surface area (Å²) in [5.74, 6) is 0.741. The van der Waals surface area contributed by atoms with Crippen molar-refractivity contribution in [2.24, 2.45) is 5.92 Å². The molecule has 2 aliphatic rings. The Balaban J connectivity index is 1.60. The molecule has 1 unspecified atom stereocenters. The minimum Gasteiger partial charge on any atom is -0.374 e. The maximum atomic E-state index is 12.9. The zero-order valence-electron chi connectivity index (χ0n) is 12.4. The van der Waals surface area contributed by atoms with Gasteiger partial charge in [0.15, 0.2) is 0 Å². The fourth-order valence-electron chi connectivity index (χ4n) is 3.10. The number of benzene rings is 1. The highest BCUT2D eigenvalue weighted by Crippen LogP contribution is 2.36. The summed E-state index contributed by atoms with van der Waals surface area (Å²) in [6, 6.07) is 7.73. The minimum atomic E-state index is 0.0887. The van der Waals surface area contributed by atoms with Crippen LogP contribution in [-0.4, -0.2) is 46.8 Å². The lowest BCUT2D eigenvalue weighted by Gasteiger charge is -2.33. The fraction of sp³-hybridized carbons (Fsp3) is 0.412. The van der Waals surface area contributed by atoms with Crippen molar-refractivity contribution in [1.82, 2.24) is 15.1 Å². The summed E-state index contributed by atoms with van der Waals surface area (Å²) >= 11 is 0. The molecule has 0 radical (unpaired) electrons. The quantitative estimate of drug-likeness (QED) is 0.946. The fourth-order valence-corrected chi connectivity index (χ4v) is 3.10. The number of rotatable bonds is 3. The average Bonchev–Trinajstić information content (AvgIpc) is 3.29. The first kappa shape index (κ1) is 13.5. The number of ether oxygens (including phenoxy) is 1. The molecule has 1 aliphatic heterocycles. The topological polar surface area (TPSA) is 58.2 Å². The zero-order chi connectivity index (χ0) is 14.9. The van der Waals surface area contributed by atoms with Crippen molar-refractivity contribution in [2.45, 2.75) is 18.9 Å². The molecule has 1 N–H and O–H groups in total. The molecule has 1 aromatic carbocycles. The van der Waals surface area contributed by atoms with Gasteiger partial charge in [-0.3, -0.25) is 9.89 Å². The first-order valence-corrected chi connectivity index (χ1v) is 7.82. The molecular weight excluding hydrogens is 278 g/mol. The second-order valence-corrected chi connectivity index (χ2v) is 6.03. The molecule has 1 atom stereocenters. The van der Waals surface area contributed by atoms with Crippen molar-refractivity contribution in [3.63, 3.8) is 0 Å². The summed E-state index contributed by atoms with van der Waals surface area (Å²) in [5, 5.41) is 6.79. The highest BCUT2D eigenvalue weighted by molar-refractivity contribution is 6.00. The molecule has 22 heavy (non-hydrogen) atoms. The van der Waals surface area contributed by atoms with Crippen LogP contribution in [-0.2, 0) is 4.74 Å². The van der Waals surface area contributed by atoms with Gasteiger partial charge < -0.3 is 9.64 Å². The molecule has 1 aromatic heterocycles. The number of morpholine rings is 1. The number of hydrogen-bond acceptors (Lipinski definition) is 3. The minimum absolute atomic E-state index is 0.0887. The van der Waals surface area contributed by atoms with E-state index >= 15 is 0 Å². The van der Waals surface area contributed by atoms with E-state index in [0.717, 1.165) is 16.7 Å². The van der Waals surface area contributed by atoms with Gasteiger partial charge in [0.1, 0.15) is 0 Å². The first-order chi connectivity index (χ1) is 10.8. The van der Waals surface area contributed by atoms with Gasteiger partial charge in [-0.15, -0.1) is 0 Å². The molecule has 5 heteroatoms. The maximum absolute atomic E-state index is 12.9. The number of hydrogen-bond donors (Lipinski definition) is 1. The molecule has 0 bridgehead atoms. The van der Waals surface area contributed by atoms with Crippen LogP contribution in [0.3, 0.4) is 0 Å². The van der Waals surface area contributed by atoms with Gasteiger partial charge in [0, 0.05) is 30.4 Å². The third-order valence-electron chi connectivity index (χ3n) is 4.50. The number of nitrogens with zero attached hydrogens (tertiary/aromatic N) is 2. The van der Waals surface area contributed by atoms with E-state index in [2.05, 4.69) is 10.2 Å². The van der Waals surface area contributed by atoms with E-state index in [0.29, 0.717) is 25.6 Å². The Labute approximate surface area is 129 Å². The van der Waals surface area contributed by atoms with E-state index in [1.54, 1.807) is 6.20 Å². The molecule has 1 saturated heterocycles. The summed E-state index contributed by atoms with van der Waals surface area (Å²) in [4.78, 5) is 14.9. The van der Waals surface area contributed by atoms with Crippen molar-refractivity contribution in [2.75, 3.05) is 19.7 Å². The lowest BCUT2D eigenvalue weighted by Crippen LogP contribution is -2.46. The van der Waals surface area contributed by atoms with E-state index in [9.17, 15) is 4.79 Å². The van der Waals surface area contributed by atoms with Crippen LogP contribution < -0.4 is 0 Å². The van der Waals surface area contributed by atoms with Crippen molar-refractivity contribution in [1.29, 1.82) is 0 Å². The van der Waals surface area contributed by atoms with Gasteiger partial charge in [-0.25, -0.2) is 0 Å². The van der Waals surface area contributed by atoms with Crippen LogP contribution in [0.2, 0.25) is 0 Å². The smallest absolute Gasteiger partial charge is 0.254 e. The lowest BCUT2D eigenvalue weighted by molar-refractivity contribution is -0.0313. The van der Waals surface area contributed by atoms with Crippen LogP contribution in [0.15, 0.2) is 36.7 Å². The highest BCUT2D eigenvalue weighted by atomic mass is 16.5. The monoisotopic (exact) mass is 297 g/mol. The second-order valence-electron chi connectivity index (χ2n) is 6.03. The van der Waals surface area contributed by atoms with E-state index in [1.807, 2.05) is 35.4 Å². The Hall–Kier alpha value is -2.14. The van der Waals surface area contributed by atoms with Crippen molar-refractivity contribution in [3.8, 4) is 11.1 Å². The van der Waals surface area contributed by atoms with Gasteiger partial charge in [0.25, 0.3) is 5.91 Å². The maximum Gasteiger partial charge on any atom is 0.254 e. The predicted molar refractivity (Wildman–Crippen MR) is 82.4 cm³/mol. The highest BCUT2D eigenvalue weighted by Gasteiger charge is 2.36. The normalized spacial score (nSPS) is 21.8. The molecule has 5 nitrogen and oxygen atoms in total. The van der Waals surface area contributed by atoms with Gasteiger partial charge in [-0.05, 0) is 30.4 Å². The predicted octanol–water partition coefficient (Wildman–Crippen LogP) is 2.33. The number of nitrogens with one attached hydrogen (secondary N) is 1. The van der Waals surface area contributed by atoms with Crippen LogP contribution in [0.4, 0.5) is 0 Å². The SMILES string of the molecule is O=C(c1ccccc1-c1cn[nH]c1)N1CCOC(C2CC2)C1. The Kier molecular flexibility index (Phi) is 3.42. The van der Waals surface area contributed by atoms with Crippen molar-refractivity contribution in [3.05, 3.63) is 42.2 Å². The number of aromatic nitrogens is 2. The zero-order valence-corrected chi connectivity index (χ0v) is 12.4. The molecular formula is C17H19N3O2. The Morgan fingerprint density at radius 1 is 1.32 bits per heavy atom. The Morgan fingerprint density at radius 3 is 2.95 bits per heavy atom. The summed E-state index contributed by atoms with van der Waals surface area (Å²) in [6.07, 6.45) is 6.26. The molecule has 1 saturated carbocycles. The van der Waals surface area contributed by atoms with Gasteiger partial charge in [-0.2, -0.15) is 5.10 Å². The molecule has 1 aliphatic carbocycles. The number of carbonyl (C=O) groups excluding carboxylic acids is 1. The summed E-state index contributed by atoms with van der Waals surface area (Å²) in [6.45, 7) is 2.02. The van der Waals surface area contributed by atoms with Gasteiger partial charge in [0.2, 0.25) is 0 Å². The molecule has 0 spiro atoms. The van der Waals surface area contributed by atoms with Crippen LogP contribution in [0, 0.1) is 5.92 Å². The largest absolute Gasteiger partial charge is 0.374 e. The summed E-state index contributed by atoms with van der Waals surface area (Å²) < 4.78 is 5.81. The van der Waals surface area contributed by atoms with E-state index in [1.165, 1.54) is 12.8 Å². The average molecular weight is 297 g/mol. The van der Waals surface area contributed by atoms with Gasteiger partial charge in [0.05, 0.1) is 18.9 Å². The third-order valence-corrected chi connectivity index (χ3v) is 4.50. The van der Waals surface area contributed by atoms with Crippen LogP contribution in [0.25, 0.3) is 11.1 Å². The molecule has 1 amide bonds.